The maximum Gasteiger partial charge on any atom is 0.129 e. The molecule has 20 heavy (non-hydrogen) atoms. The molecule has 0 radical (unpaired) electrons. The van der Waals surface area contributed by atoms with Crippen LogP contribution in [0.5, 0.6) is 0 Å². The van der Waals surface area contributed by atoms with Gasteiger partial charge in [0, 0.05) is 44.1 Å². The van der Waals surface area contributed by atoms with E-state index in [2.05, 4.69) is 4.90 Å². The second-order valence-corrected chi connectivity index (χ2v) is 4.36. The summed E-state index contributed by atoms with van der Waals surface area (Å²) >= 11 is 0. The van der Waals surface area contributed by atoms with Crippen LogP contribution in [0.1, 0.15) is 19.4 Å². The van der Waals surface area contributed by atoms with Gasteiger partial charge in [0.05, 0.1) is 13.2 Å². The number of nitrogens with zero attached hydrogens (tertiary/aromatic N) is 1. The Kier molecular flexibility index (Phi) is 8.18. The van der Waals surface area contributed by atoms with Gasteiger partial charge in [-0.05, 0) is 26.0 Å². The fourth-order valence-corrected chi connectivity index (χ4v) is 1.91. The number of nitrogens with two attached hydrogens (primary N) is 1. The SMILES string of the molecule is CCOCCN(CCOCC)c1ccc(CN)c(F)c1. The van der Waals surface area contributed by atoms with Crippen molar-refractivity contribution in [1.82, 2.24) is 0 Å². The van der Waals surface area contributed by atoms with Crippen molar-refractivity contribution >= 4 is 5.69 Å². The van der Waals surface area contributed by atoms with Crippen molar-refractivity contribution in [3.8, 4) is 0 Å². The first-order chi connectivity index (χ1) is 9.72. The van der Waals surface area contributed by atoms with E-state index in [1.165, 1.54) is 6.07 Å². The topological polar surface area (TPSA) is 47.7 Å². The van der Waals surface area contributed by atoms with Gasteiger partial charge in [0.25, 0.3) is 0 Å². The Labute approximate surface area is 120 Å². The van der Waals surface area contributed by atoms with Gasteiger partial charge in [-0.3, -0.25) is 0 Å². The van der Waals surface area contributed by atoms with Gasteiger partial charge in [-0.1, -0.05) is 6.07 Å². The number of benzene rings is 1. The molecule has 0 fully saturated rings. The average Bonchev–Trinajstić information content (AvgIpc) is 2.46. The standard InChI is InChI=1S/C15H25FN2O2/c1-3-19-9-7-18(8-10-20-4-2)14-6-5-13(12-17)15(16)11-14/h5-6,11H,3-4,7-10,12,17H2,1-2H3. The van der Waals surface area contributed by atoms with E-state index in [0.717, 1.165) is 5.69 Å². The molecule has 2 N–H and O–H groups in total. The van der Waals surface area contributed by atoms with Crippen LogP contribution in [0.4, 0.5) is 10.1 Å². The predicted octanol–water partition coefficient (Wildman–Crippen LogP) is 2.16. The van der Waals surface area contributed by atoms with Crippen molar-refractivity contribution in [2.45, 2.75) is 20.4 Å². The summed E-state index contributed by atoms with van der Waals surface area (Å²) in [4.78, 5) is 2.06. The number of hydrogen-bond acceptors (Lipinski definition) is 4. The van der Waals surface area contributed by atoms with Gasteiger partial charge in [0.2, 0.25) is 0 Å². The molecule has 0 saturated carbocycles. The van der Waals surface area contributed by atoms with Crippen LogP contribution in [-0.4, -0.2) is 39.5 Å². The van der Waals surface area contributed by atoms with E-state index in [4.69, 9.17) is 15.2 Å². The van der Waals surface area contributed by atoms with E-state index >= 15 is 0 Å². The van der Waals surface area contributed by atoms with Gasteiger partial charge in [-0.2, -0.15) is 0 Å². The van der Waals surface area contributed by atoms with Crippen LogP contribution in [-0.2, 0) is 16.0 Å². The van der Waals surface area contributed by atoms with Crippen LogP contribution < -0.4 is 10.6 Å². The van der Waals surface area contributed by atoms with Crippen molar-refractivity contribution in [2.24, 2.45) is 5.73 Å². The Bertz CT molecular complexity index is 378. The van der Waals surface area contributed by atoms with Crippen LogP contribution in [0.15, 0.2) is 18.2 Å². The highest BCUT2D eigenvalue weighted by molar-refractivity contribution is 5.48. The van der Waals surface area contributed by atoms with Crippen molar-refractivity contribution in [2.75, 3.05) is 44.4 Å². The van der Waals surface area contributed by atoms with Crippen molar-refractivity contribution in [3.63, 3.8) is 0 Å². The number of anilines is 1. The molecule has 1 rings (SSSR count). The minimum Gasteiger partial charge on any atom is -0.380 e. The Balaban J connectivity index is 2.71. The monoisotopic (exact) mass is 284 g/mol. The summed E-state index contributed by atoms with van der Waals surface area (Å²) in [5.41, 5.74) is 6.84. The van der Waals surface area contributed by atoms with Crippen LogP contribution in [0, 0.1) is 5.82 Å². The molecule has 0 aromatic heterocycles. The van der Waals surface area contributed by atoms with Gasteiger partial charge in [-0.15, -0.1) is 0 Å². The van der Waals surface area contributed by atoms with Gasteiger partial charge >= 0.3 is 0 Å². The maximum atomic E-state index is 13.8. The summed E-state index contributed by atoms with van der Waals surface area (Å²) in [7, 11) is 0. The molecule has 114 valence electrons. The molecule has 0 atom stereocenters. The first-order valence-electron chi connectivity index (χ1n) is 7.11. The van der Waals surface area contributed by atoms with Crippen molar-refractivity contribution in [3.05, 3.63) is 29.6 Å². The van der Waals surface area contributed by atoms with Gasteiger partial charge < -0.3 is 20.1 Å². The molecule has 1 aromatic carbocycles. The third-order valence-corrected chi connectivity index (χ3v) is 3.04. The molecule has 1 aromatic rings. The molecule has 0 bridgehead atoms. The molecule has 0 amide bonds. The summed E-state index contributed by atoms with van der Waals surface area (Å²) < 4.78 is 24.6. The minimum atomic E-state index is -0.261. The quantitative estimate of drug-likeness (QED) is 0.669. The van der Waals surface area contributed by atoms with Crippen LogP contribution in [0.25, 0.3) is 0 Å². The lowest BCUT2D eigenvalue weighted by molar-refractivity contribution is 0.141. The predicted molar refractivity (Wildman–Crippen MR) is 79.5 cm³/mol. The van der Waals surface area contributed by atoms with Crippen LogP contribution >= 0.6 is 0 Å². The van der Waals surface area contributed by atoms with E-state index in [1.54, 1.807) is 6.07 Å². The molecule has 4 nitrogen and oxygen atoms in total. The molecule has 0 aliphatic heterocycles. The molecule has 0 unspecified atom stereocenters. The van der Waals surface area contributed by atoms with Crippen LogP contribution in [0.2, 0.25) is 0 Å². The molecule has 0 aliphatic carbocycles. The number of rotatable bonds is 10. The zero-order valence-electron chi connectivity index (χ0n) is 12.4. The third kappa shape index (κ3) is 5.45. The van der Waals surface area contributed by atoms with E-state index < -0.39 is 0 Å². The normalized spacial score (nSPS) is 10.8. The molecule has 0 spiro atoms. The van der Waals surface area contributed by atoms with Crippen molar-refractivity contribution < 1.29 is 13.9 Å². The Morgan fingerprint density at radius 2 is 1.70 bits per heavy atom. The van der Waals surface area contributed by atoms with E-state index in [1.807, 2.05) is 19.9 Å². The number of ether oxygens (including phenoxy) is 2. The summed E-state index contributed by atoms with van der Waals surface area (Å²) in [6.45, 7) is 8.14. The fourth-order valence-electron chi connectivity index (χ4n) is 1.91. The first kappa shape index (κ1) is 16.9. The van der Waals surface area contributed by atoms with Gasteiger partial charge in [-0.25, -0.2) is 4.39 Å². The van der Waals surface area contributed by atoms with E-state index in [0.29, 0.717) is 45.1 Å². The van der Waals surface area contributed by atoms with Gasteiger partial charge in [0.15, 0.2) is 0 Å². The largest absolute Gasteiger partial charge is 0.380 e. The first-order valence-corrected chi connectivity index (χ1v) is 7.11. The lowest BCUT2D eigenvalue weighted by Crippen LogP contribution is -2.31. The Hall–Kier alpha value is -1.17. The van der Waals surface area contributed by atoms with Gasteiger partial charge in [0.1, 0.15) is 5.82 Å². The Morgan fingerprint density at radius 1 is 1.10 bits per heavy atom. The molecule has 0 heterocycles. The second kappa shape index (κ2) is 9.69. The molecule has 0 saturated heterocycles. The lowest BCUT2D eigenvalue weighted by Gasteiger charge is -2.25. The van der Waals surface area contributed by atoms with E-state index in [-0.39, 0.29) is 12.4 Å². The fraction of sp³-hybridized carbons (Fsp3) is 0.600. The van der Waals surface area contributed by atoms with Crippen molar-refractivity contribution in [1.29, 1.82) is 0 Å². The summed E-state index contributed by atoms with van der Waals surface area (Å²) in [5.74, 6) is -0.261. The number of hydrogen-bond donors (Lipinski definition) is 1. The average molecular weight is 284 g/mol. The highest BCUT2D eigenvalue weighted by Crippen LogP contribution is 2.18. The maximum absolute atomic E-state index is 13.8. The Morgan fingerprint density at radius 3 is 2.15 bits per heavy atom. The highest BCUT2D eigenvalue weighted by atomic mass is 19.1. The zero-order chi connectivity index (χ0) is 14.8. The van der Waals surface area contributed by atoms with E-state index in [9.17, 15) is 4.39 Å². The molecular weight excluding hydrogens is 259 g/mol. The molecule has 0 aliphatic rings. The third-order valence-electron chi connectivity index (χ3n) is 3.04. The minimum absolute atomic E-state index is 0.212. The second-order valence-electron chi connectivity index (χ2n) is 4.36. The number of halogens is 1. The summed E-state index contributed by atoms with van der Waals surface area (Å²) in [6.07, 6.45) is 0. The molecule has 5 heteroatoms. The highest BCUT2D eigenvalue weighted by Gasteiger charge is 2.09. The summed E-state index contributed by atoms with van der Waals surface area (Å²) in [5, 5.41) is 0. The molecular formula is C15H25FN2O2. The zero-order valence-corrected chi connectivity index (χ0v) is 12.4. The lowest BCUT2D eigenvalue weighted by atomic mass is 10.2. The smallest absolute Gasteiger partial charge is 0.129 e. The summed E-state index contributed by atoms with van der Waals surface area (Å²) in [6, 6.07) is 5.16. The van der Waals surface area contributed by atoms with Crippen LogP contribution in [0.3, 0.4) is 0 Å².